The highest BCUT2D eigenvalue weighted by molar-refractivity contribution is 6.30. The predicted molar refractivity (Wildman–Crippen MR) is 80.8 cm³/mol. The number of aromatic nitrogens is 2. The van der Waals surface area contributed by atoms with Crippen molar-refractivity contribution >= 4 is 23.8 Å². The summed E-state index contributed by atoms with van der Waals surface area (Å²) in [7, 11) is 0. The van der Waals surface area contributed by atoms with Crippen molar-refractivity contribution in [2.75, 3.05) is 0 Å². The number of aromatic amines is 1. The number of carboxylic acids is 1. The number of H-pyrrole nitrogens is 1. The summed E-state index contributed by atoms with van der Waals surface area (Å²) in [5.41, 5.74) is 1.28. The van der Waals surface area contributed by atoms with Crippen LogP contribution in [0, 0.1) is 6.92 Å². The maximum atomic E-state index is 12.3. The monoisotopic (exact) mass is 307 g/mol. The van der Waals surface area contributed by atoms with Crippen LogP contribution in [0.4, 0.5) is 0 Å². The summed E-state index contributed by atoms with van der Waals surface area (Å²) in [6.07, 6.45) is 1.29. The number of carboxylic acid groups (broad SMARTS) is 1. The molecule has 0 radical (unpaired) electrons. The molecule has 0 fully saturated rings. The van der Waals surface area contributed by atoms with Crippen molar-refractivity contribution in [3.63, 3.8) is 0 Å². The highest BCUT2D eigenvalue weighted by Gasteiger charge is 2.12. The van der Waals surface area contributed by atoms with Crippen LogP contribution in [0.2, 0.25) is 5.02 Å². The van der Waals surface area contributed by atoms with Crippen molar-refractivity contribution in [2.24, 2.45) is 4.99 Å². The molecule has 110 valence electrons. The van der Waals surface area contributed by atoms with Gasteiger partial charge in [0, 0.05) is 16.9 Å². The van der Waals surface area contributed by atoms with Gasteiger partial charge in [0.15, 0.2) is 0 Å². The largest absolute Gasteiger partial charge is 0.480 e. The van der Waals surface area contributed by atoms with Crippen LogP contribution in [0.25, 0.3) is 5.69 Å². The molecular weight excluding hydrogens is 294 g/mol. The fraction of sp³-hybridized carbons (Fsp3) is 0.214. The zero-order chi connectivity index (χ0) is 15.6. The van der Waals surface area contributed by atoms with Crippen LogP contribution < -0.4 is 5.56 Å². The summed E-state index contributed by atoms with van der Waals surface area (Å²) in [5, 5.41) is 12.3. The third-order valence-corrected chi connectivity index (χ3v) is 3.24. The predicted octanol–water partition coefficient (Wildman–Crippen LogP) is 2.02. The van der Waals surface area contributed by atoms with Crippen molar-refractivity contribution in [1.82, 2.24) is 9.78 Å². The van der Waals surface area contributed by atoms with Crippen molar-refractivity contribution < 1.29 is 9.90 Å². The van der Waals surface area contributed by atoms with Gasteiger partial charge in [0.25, 0.3) is 5.56 Å². The topological polar surface area (TPSA) is 87.5 Å². The Hall–Kier alpha value is -2.34. The molecule has 0 aliphatic heterocycles. The van der Waals surface area contributed by atoms with Gasteiger partial charge in [0.1, 0.15) is 6.04 Å². The van der Waals surface area contributed by atoms with Crippen LogP contribution in [0.3, 0.4) is 0 Å². The fourth-order valence-electron chi connectivity index (χ4n) is 1.73. The Morgan fingerprint density at radius 1 is 1.43 bits per heavy atom. The Labute approximate surface area is 125 Å². The van der Waals surface area contributed by atoms with Gasteiger partial charge in [-0.15, -0.1) is 0 Å². The van der Waals surface area contributed by atoms with Gasteiger partial charge >= 0.3 is 5.97 Å². The minimum absolute atomic E-state index is 0.295. The average Bonchev–Trinajstić information content (AvgIpc) is 2.72. The molecule has 0 bridgehead atoms. The lowest BCUT2D eigenvalue weighted by molar-refractivity contribution is -0.137. The van der Waals surface area contributed by atoms with Crippen LogP contribution in [0.1, 0.15) is 18.2 Å². The Balaban J connectivity index is 2.40. The summed E-state index contributed by atoms with van der Waals surface area (Å²) >= 11 is 5.82. The van der Waals surface area contributed by atoms with Crippen molar-refractivity contribution in [2.45, 2.75) is 19.9 Å². The standard InChI is InChI=1S/C14H14ClN3O3/c1-8-12(7-16-9(2)14(20)21)13(19)18(17-8)11-5-3-10(15)4-6-11/h3-7,9,17H,1-2H3,(H,20,21)/t9-/m1/s1. The molecule has 0 amide bonds. The number of benzene rings is 1. The molecule has 21 heavy (non-hydrogen) atoms. The number of aryl methyl sites for hydroxylation is 1. The van der Waals surface area contributed by atoms with Crippen molar-refractivity contribution in [1.29, 1.82) is 0 Å². The van der Waals surface area contributed by atoms with E-state index in [1.807, 2.05) is 0 Å². The average molecular weight is 308 g/mol. The van der Waals surface area contributed by atoms with Gasteiger partial charge in [-0.1, -0.05) is 11.6 Å². The van der Waals surface area contributed by atoms with E-state index in [1.54, 1.807) is 31.2 Å². The number of halogens is 1. The third-order valence-electron chi connectivity index (χ3n) is 2.99. The number of hydrogen-bond donors (Lipinski definition) is 2. The van der Waals surface area contributed by atoms with E-state index in [0.29, 0.717) is 22.0 Å². The minimum Gasteiger partial charge on any atom is -0.480 e. The van der Waals surface area contributed by atoms with Gasteiger partial charge in [0.05, 0.1) is 11.3 Å². The highest BCUT2D eigenvalue weighted by atomic mass is 35.5. The molecule has 2 N–H and O–H groups in total. The molecule has 0 saturated carbocycles. The molecule has 1 atom stereocenters. The first-order valence-electron chi connectivity index (χ1n) is 6.23. The third kappa shape index (κ3) is 3.22. The minimum atomic E-state index is -1.04. The summed E-state index contributed by atoms with van der Waals surface area (Å²) < 4.78 is 1.36. The van der Waals surface area contributed by atoms with E-state index < -0.39 is 12.0 Å². The van der Waals surface area contributed by atoms with Crippen molar-refractivity contribution in [3.05, 3.63) is 50.9 Å². The number of hydrogen-bond acceptors (Lipinski definition) is 3. The molecule has 2 rings (SSSR count). The second-order valence-electron chi connectivity index (χ2n) is 4.56. The van der Waals surface area contributed by atoms with E-state index in [4.69, 9.17) is 16.7 Å². The molecule has 0 aliphatic carbocycles. The van der Waals surface area contributed by atoms with Gasteiger partial charge in [-0.25, -0.2) is 9.48 Å². The number of nitrogens with one attached hydrogen (secondary N) is 1. The Morgan fingerprint density at radius 2 is 2.05 bits per heavy atom. The van der Waals surface area contributed by atoms with E-state index in [-0.39, 0.29) is 5.56 Å². The molecule has 0 unspecified atom stereocenters. The number of carbonyl (C=O) groups is 1. The van der Waals surface area contributed by atoms with E-state index in [9.17, 15) is 9.59 Å². The van der Waals surface area contributed by atoms with Gasteiger partial charge in [-0.2, -0.15) is 0 Å². The number of aliphatic carboxylic acids is 1. The van der Waals surface area contributed by atoms with Gasteiger partial charge in [0.2, 0.25) is 0 Å². The Kier molecular flexibility index (Phi) is 4.28. The Bertz CT molecular complexity index is 744. The van der Waals surface area contributed by atoms with Crippen LogP contribution in [0.5, 0.6) is 0 Å². The lowest BCUT2D eigenvalue weighted by atomic mass is 10.2. The maximum Gasteiger partial charge on any atom is 0.328 e. The van der Waals surface area contributed by atoms with Crippen LogP contribution >= 0.6 is 11.6 Å². The molecule has 1 heterocycles. The van der Waals surface area contributed by atoms with Crippen LogP contribution in [-0.2, 0) is 4.79 Å². The van der Waals surface area contributed by atoms with Gasteiger partial charge in [-0.3, -0.25) is 14.9 Å². The normalized spacial score (nSPS) is 12.7. The SMILES string of the molecule is Cc1[nH]n(-c2ccc(Cl)cc2)c(=O)c1C=N[C@H](C)C(=O)O. The quantitative estimate of drug-likeness (QED) is 0.847. The number of rotatable bonds is 4. The molecular formula is C14H14ClN3O3. The summed E-state index contributed by atoms with van der Waals surface area (Å²) in [6.45, 7) is 3.17. The van der Waals surface area contributed by atoms with Crippen LogP contribution in [-0.4, -0.2) is 33.1 Å². The highest BCUT2D eigenvalue weighted by Crippen LogP contribution is 2.12. The fourth-order valence-corrected chi connectivity index (χ4v) is 1.86. The van der Waals surface area contributed by atoms with E-state index in [1.165, 1.54) is 17.8 Å². The number of nitrogens with zero attached hydrogens (tertiary/aromatic N) is 2. The first-order chi connectivity index (χ1) is 9.90. The lowest BCUT2D eigenvalue weighted by Crippen LogP contribution is -2.18. The van der Waals surface area contributed by atoms with Gasteiger partial charge < -0.3 is 5.11 Å². The van der Waals surface area contributed by atoms with E-state index in [0.717, 1.165) is 0 Å². The van der Waals surface area contributed by atoms with Gasteiger partial charge in [-0.05, 0) is 38.1 Å². The van der Waals surface area contributed by atoms with E-state index >= 15 is 0 Å². The first-order valence-corrected chi connectivity index (χ1v) is 6.61. The molecule has 6 nitrogen and oxygen atoms in total. The summed E-state index contributed by atoms with van der Waals surface area (Å²) in [5.74, 6) is -1.04. The molecule has 7 heteroatoms. The maximum absolute atomic E-state index is 12.3. The summed E-state index contributed by atoms with van der Waals surface area (Å²) in [4.78, 5) is 26.9. The second kappa shape index (κ2) is 5.97. The first kappa shape index (κ1) is 15.1. The second-order valence-corrected chi connectivity index (χ2v) is 5.00. The molecule has 1 aromatic carbocycles. The number of aliphatic imine (C=N–C) groups is 1. The summed E-state index contributed by atoms with van der Waals surface area (Å²) in [6, 6.07) is 5.88. The zero-order valence-electron chi connectivity index (χ0n) is 11.5. The molecule has 0 aliphatic rings. The lowest BCUT2D eigenvalue weighted by Gasteiger charge is -2.00. The molecule has 1 aromatic heterocycles. The van der Waals surface area contributed by atoms with E-state index in [2.05, 4.69) is 10.1 Å². The van der Waals surface area contributed by atoms with Crippen LogP contribution in [0.15, 0.2) is 34.1 Å². The Morgan fingerprint density at radius 3 is 2.62 bits per heavy atom. The molecule has 2 aromatic rings. The molecule has 0 saturated heterocycles. The molecule has 0 spiro atoms. The van der Waals surface area contributed by atoms with Crippen molar-refractivity contribution in [3.8, 4) is 5.69 Å². The smallest absolute Gasteiger partial charge is 0.328 e. The zero-order valence-corrected chi connectivity index (χ0v) is 12.3.